The van der Waals surface area contributed by atoms with Gasteiger partial charge in [-0.25, -0.2) is 4.79 Å². The molecule has 2 atom stereocenters. The Morgan fingerprint density at radius 1 is 1.50 bits per heavy atom. The van der Waals surface area contributed by atoms with Crippen LogP contribution < -0.4 is 5.32 Å². The molecule has 6 nitrogen and oxygen atoms in total. The second-order valence-corrected chi connectivity index (χ2v) is 5.75. The number of hydrogen-bond donors (Lipinski definition) is 2. The summed E-state index contributed by atoms with van der Waals surface area (Å²) >= 11 is 0. The van der Waals surface area contributed by atoms with Gasteiger partial charge in [-0.1, -0.05) is 19.0 Å². The SMILES string of the molecule is CC1(C)CCC(NC(=O)C2CC(C(=O)O)=NO2)C1. The summed E-state index contributed by atoms with van der Waals surface area (Å²) in [6.45, 7) is 4.35. The van der Waals surface area contributed by atoms with E-state index < -0.39 is 12.1 Å². The summed E-state index contributed by atoms with van der Waals surface area (Å²) in [5.74, 6) is -1.40. The first kappa shape index (κ1) is 12.9. The van der Waals surface area contributed by atoms with Crippen molar-refractivity contribution < 1.29 is 19.5 Å². The van der Waals surface area contributed by atoms with Gasteiger partial charge >= 0.3 is 5.97 Å². The Morgan fingerprint density at radius 3 is 2.72 bits per heavy atom. The van der Waals surface area contributed by atoms with Crippen LogP contribution in [0.1, 0.15) is 39.5 Å². The number of amides is 1. The van der Waals surface area contributed by atoms with Crippen molar-refractivity contribution in [1.29, 1.82) is 0 Å². The molecule has 0 aromatic heterocycles. The van der Waals surface area contributed by atoms with E-state index in [1.54, 1.807) is 0 Å². The summed E-state index contributed by atoms with van der Waals surface area (Å²) in [4.78, 5) is 27.4. The molecule has 0 aromatic carbocycles. The molecule has 0 radical (unpaired) electrons. The highest BCUT2D eigenvalue weighted by Crippen LogP contribution is 2.36. The van der Waals surface area contributed by atoms with E-state index in [9.17, 15) is 9.59 Å². The van der Waals surface area contributed by atoms with Crippen LogP contribution >= 0.6 is 0 Å². The Bertz CT molecular complexity index is 403. The van der Waals surface area contributed by atoms with E-state index in [4.69, 9.17) is 9.94 Å². The summed E-state index contributed by atoms with van der Waals surface area (Å²) < 4.78 is 0. The maximum absolute atomic E-state index is 11.9. The number of nitrogens with one attached hydrogen (secondary N) is 1. The molecule has 1 amide bonds. The molecule has 1 aliphatic carbocycles. The first-order valence-corrected chi connectivity index (χ1v) is 6.14. The fraction of sp³-hybridized carbons (Fsp3) is 0.750. The van der Waals surface area contributed by atoms with E-state index in [-0.39, 0.29) is 29.5 Å². The number of aliphatic carboxylic acids is 1. The van der Waals surface area contributed by atoms with Gasteiger partial charge in [0, 0.05) is 12.5 Å². The van der Waals surface area contributed by atoms with Gasteiger partial charge in [0.25, 0.3) is 5.91 Å². The van der Waals surface area contributed by atoms with Crippen LogP contribution in [-0.2, 0) is 14.4 Å². The third-order valence-corrected chi connectivity index (χ3v) is 3.52. The minimum Gasteiger partial charge on any atom is -0.477 e. The number of carboxylic acids is 1. The van der Waals surface area contributed by atoms with Gasteiger partial charge < -0.3 is 15.3 Å². The van der Waals surface area contributed by atoms with Crippen molar-refractivity contribution in [3.63, 3.8) is 0 Å². The monoisotopic (exact) mass is 254 g/mol. The van der Waals surface area contributed by atoms with Crippen molar-refractivity contribution in [2.24, 2.45) is 10.6 Å². The number of rotatable bonds is 3. The largest absolute Gasteiger partial charge is 0.477 e. The highest BCUT2D eigenvalue weighted by Gasteiger charge is 2.36. The van der Waals surface area contributed by atoms with Gasteiger partial charge in [-0.15, -0.1) is 0 Å². The Balaban J connectivity index is 1.82. The van der Waals surface area contributed by atoms with Crippen LogP contribution in [0.25, 0.3) is 0 Å². The number of oxime groups is 1. The lowest BCUT2D eigenvalue weighted by molar-refractivity contribution is -0.132. The molecule has 1 saturated carbocycles. The Hall–Kier alpha value is -1.59. The second-order valence-electron chi connectivity index (χ2n) is 5.75. The number of nitrogens with zero attached hydrogens (tertiary/aromatic N) is 1. The molecule has 1 heterocycles. The van der Waals surface area contributed by atoms with Crippen LogP contribution in [0.5, 0.6) is 0 Å². The molecular weight excluding hydrogens is 236 g/mol. The Morgan fingerprint density at radius 2 is 2.22 bits per heavy atom. The Kier molecular flexibility index (Phi) is 3.28. The molecular formula is C12H18N2O4. The van der Waals surface area contributed by atoms with E-state index in [2.05, 4.69) is 24.3 Å². The van der Waals surface area contributed by atoms with Gasteiger partial charge in [0.1, 0.15) is 0 Å². The van der Waals surface area contributed by atoms with E-state index in [1.807, 2.05) is 0 Å². The van der Waals surface area contributed by atoms with Gasteiger partial charge in [0.2, 0.25) is 6.10 Å². The molecule has 0 spiro atoms. The molecule has 2 aliphatic rings. The molecule has 1 fully saturated rings. The van der Waals surface area contributed by atoms with Crippen LogP contribution in [0.3, 0.4) is 0 Å². The number of carbonyl (C=O) groups excluding carboxylic acids is 1. The predicted octanol–water partition coefficient (Wildman–Crippen LogP) is 0.911. The third-order valence-electron chi connectivity index (χ3n) is 3.52. The van der Waals surface area contributed by atoms with Crippen molar-refractivity contribution in [3.8, 4) is 0 Å². The summed E-state index contributed by atoms with van der Waals surface area (Å²) in [6, 6.07) is 0.157. The molecule has 100 valence electrons. The molecule has 6 heteroatoms. The van der Waals surface area contributed by atoms with E-state index in [1.165, 1.54) is 0 Å². The molecule has 0 aromatic rings. The van der Waals surface area contributed by atoms with Crippen molar-refractivity contribution in [2.75, 3.05) is 0 Å². The average Bonchev–Trinajstić information content (AvgIpc) is 2.85. The quantitative estimate of drug-likeness (QED) is 0.783. The third kappa shape index (κ3) is 2.80. The highest BCUT2D eigenvalue weighted by atomic mass is 16.6. The molecule has 18 heavy (non-hydrogen) atoms. The summed E-state index contributed by atoms with van der Waals surface area (Å²) in [6.07, 6.45) is 2.23. The lowest BCUT2D eigenvalue weighted by Gasteiger charge is -2.18. The molecule has 2 rings (SSSR count). The minimum absolute atomic E-state index is 0.0390. The van der Waals surface area contributed by atoms with Gasteiger partial charge in [-0.05, 0) is 24.7 Å². The van der Waals surface area contributed by atoms with Gasteiger partial charge in [-0.3, -0.25) is 4.79 Å². The van der Waals surface area contributed by atoms with Crippen LogP contribution in [0.15, 0.2) is 5.16 Å². The smallest absolute Gasteiger partial charge is 0.353 e. The highest BCUT2D eigenvalue weighted by molar-refractivity contribution is 6.36. The topological polar surface area (TPSA) is 88.0 Å². The van der Waals surface area contributed by atoms with Crippen molar-refractivity contribution in [2.45, 2.75) is 51.7 Å². The summed E-state index contributed by atoms with van der Waals surface area (Å²) in [5.41, 5.74) is 0.166. The fourth-order valence-corrected chi connectivity index (χ4v) is 2.50. The lowest BCUT2D eigenvalue weighted by Crippen LogP contribution is -2.41. The van der Waals surface area contributed by atoms with E-state index in [0.717, 1.165) is 19.3 Å². The summed E-state index contributed by atoms with van der Waals surface area (Å²) in [7, 11) is 0. The predicted molar refractivity (Wildman–Crippen MR) is 64.1 cm³/mol. The zero-order chi connectivity index (χ0) is 13.3. The van der Waals surface area contributed by atoms with Crippen LogP contribution in [0.2, 0.25) is 0 Å². The minimum atomic E-state index is -1.13. The number of hydrogen-bond acceptors (Lipinski definition) is 4. The summed E-state index contributed by atoms with van der Waals surface area (Å²) in [5, 5.41) is 15.0. The average molecular weight is 254 g/mol. The van der Waals surface area contributed by atoms with Crippen LogP contribution in [0.4, 0.5) is 0 Å². The maximum atomic E-state index is 11.9. The van der Waals surface area contributed by atoms with Gasteiger partial charge in [0.05, 0.1) is 0 Å². The number of carbonyl (C=O) groups is 2. The molecule has 0 bridgehead atoms. The Labute approximate surface area is 105 Å². The first-order chi connectivity index (χ1) is 8.37. The van der Waals surface area contributed by atoms with E-state index >= 15 is 0 Å². The molecule has 0 saturated heterocycles. The van der Waals surface area contributed by atoms with Crippen LogP contribution in [0, 0.1) is 5.41 Å². The zero-order valence-electron chi connectivity index (χ0n) is 10.6. The van der Waals surface area contributed by atoms with Crippen molar-refractivity contribution in [3.05, 3.63) is 0 Å². The van der Waals surface area contributed by atoms with Gasteiger partial charge in [-0.2, -0.15) is 0 Å². The van der Waals surface area contributed by atoms with Crippen molar-refractivity contribution in [1.82, 2.24) is 5.32 Å². The van der Waals surface area contributed by atoms with Crippen molar-refractivity contribution >= 4 is 17.6 Å². The first-order valence-electron chi connectivity index (χ1n) is 6.14. The normalized spacial score (nSPS) is 29.6. The fourth-order valence-electron chi connectivity index (χ4n) is 2.50. The molecule has 2 N–H and O–H groups in total. The standard InChI is InChI=1S/C12H18N2O4/c1-12(2)4-3-7(6-12)13-10(15)9-5-8(11(16)17)14-18-9/h7,9H,3-6H2,1-2H3,(H,13,15)(H,16,17). The zero-order valence-corrected chi connectivity index (χ0v) is 10.6. The van der Waals surface area contributed by atoms with Gasteiger partial charge in [0.15, 0.2) is 5.71 Å². The lowest BCUT2D eigenvalue weighted by atomic mass is 9.92. The number of carboxylic acid groups (broad SMARTS) is 1. The van der Waals surface area contributed by atoms with Crippen LogP contribution in [-0.4, -0.2) is 34.8 Å². The van der Waals surface area contributed by atoms with E-state index in [0.29, 0.717) is 0 Å². The molecule has 1 aliphatic heterocycles. The second kappa shape index (κ2) is 4.59. The molecule has 2 unspecified atom stereocenters. The maximum Gasteiger partial charge on any atom is 0.353 e.